The molecule has 4 atom stereocenters. The summed E-state index contributed by atoms with van der Waals surface area (Å²) >= 11 is 0. The van der Waals surface area contributed by atoms with Crippen molar-refractivity contribution in [1.29, 1.82) is 0 Å². The Morgan fingerprint density at radius 2 is 1.57 bits per heavy atom. The third-order valence-corrected chi connectivity index (χ3v) is 2.37. The molecule has 0 bridgehead atoms. The quantitative estimate of drug-likeness (QED) is 0.635. The van der Waals surface area contributed by atoms with Crippen molar-refractivity contribution in [3.63, 3.8) is 0 Å². The van der Waals surface area contributed by atoms with Gasteiger partial charge in [0.05, 0.1) is 6.61 Å². The molecule has 0 aliphatic carbocycles. The summed E-state index contributed by atoms with van der Waals surface area (Å²) in [4.78, 5) is 0. The summed E-state index contributed by atoms with van der Waals surface area (Å²) in [6.07, 6.45) is -0.875. The van der Waals surface area contributed by atoms with Crippen molar-refractivity contribution in [2.45, 2.75) is 24.6 Å². The third kappa shape index (κ3) is 2.24. The maximum Gasteiger partial charge on any atom is 0.186 e. The van der Waals surface area contributed by atoms with Crippen LogP contribution >= 0.6 is 0 Å². The highest BCUT2D eigenvalue weighted by Crippen LogP contribution is 2.26. The number of hydrogen-bond donors (Lipinski definition) is 0. The Hall–Kier alpha value is -0.200. The Kier molecular flexibility index (Phi) is 4.77. The molecule has 0 amide bonds. The van der Waals surface area contributed by atoms with E-state index in [2.05, 4.69) is 0 Å². The van der Waals surface area contributed by atoms with E-state index in [1.807, 2.05) is 0 Å². The number of methoxy groups -OCH3 is 4. The van der Waals surface area contributed by atoms with Crippen LogP contribution in [-0.4, -0.2) is 59.6 Å². The average molecular weight is 206 g/mol. The maximum absolute atomic E-state index is 5.56. The highest BCUT2D eigenvalue weighted by Gasteiger charge is 2.45. The molecule has 1 fully saturated rings. The van der Waals surface area contributed by atoms with E-state index < -0.39 is 0 Å². The van der Waals surface area contributed by atoms with Gasteiger partial charge in [-0.2, -0.15) is 0 Å². The Morgan fingerprint density at radius 1 is 0.929 bits per heavy atom. The Labute approximate surface area is 84.2 Å². The lowest BCUT2D eigenvalue weighted by Crippen LogP contribution is -2.37. The van der Waals surface area contributed by atoms with Crippen molar-refractivity contribution in [1.82, 2.24) is 0 Å². The molecular weight excluding hydrogens is 188 g/mol. The normalized spacial score (nSPS) is 37.7. The summed E-state index contributed by atoms with van der Waals surface area (Å²) < 4.78 is 26.3. The third-order valence-electron chi connectivity index (χ3n) is 2.37. The van der Waals surface area contributed by atoms with E-state index in [9.17, 15) is 0 Å². The van der Waals surface area contributed by atoms with Gasteiger partial charge in [0.25, 0.3) is 0 Å². The second-order valence-electron chi connectivity index (χ2n) is 3.13. The van der Waals surface area contributed by atoms with E-state index in [1.165, 1.54) is 0 Å². The molecule has 5 heteroatoms. The van der Waals surface area contributed by atoms with Gasteiger partial charge in [0.2, 0.25) is 0 Å². The fourth-order valence-corrected chi connectivity index (χ4v) is 1.71. The van der Waals surface area contributed by atoms with Crippen molar-refractivity contribution < 1.29 is 23.7 Å². The zero-order valence-electron chi connectivity index (χ0n) is 9.06. The number of ether oxygens (including phenoxy) is 5. The molecular formula is C9H18O5. The highest BCUT2D eigenvalue weighted by molar-refractivity contribution is 4.88. The van der Waals surface area contributed by atoms with Gasteiger partial charge in [-0.3, -0.25) is 0 Å². The summed E-state index contributed by atoms with van der Waals surface area (Å²) in [6, 6.07) is 0. The summed E-state index contributed by atoms with van der Waals surface area (Å²) in [5, 5.41) is 0. The highest BCUT2D eigenvalue weighted by atomic mass is 16.7. The summed E-state index contributed by atoms with van der Waals surface area (Å²) in [7, 11) is 6.44. The van der Waals surface area contributed by atoms with Gasteiger partial charge in [0.15, 0.2) is 6.29 Å². The van der Waals surface area contributed by atoms with Crippen molar-refractivity contribution in [2.24, 2.45) is 0 Å². The molecule has 0 saturated carbocycles. The Morgan fingerprint density at radius 3 is 2.00 bits per heavy atom. The molecule has 1 saturated heterocycles. The van der Waals surface area contributed by atoms with Crippen LogP contribution in [0.1, 0.15) is 0 Å². The molecule has 84 valence electrons. The van der Waals surface area contributed by atoms with Gasteiger partial charge in [-0.25, -0.2) is 0 Å². The van der Waals surface area contributed by atoms with Crippen molar-refractivity contribution >= 4 is 0 Å². The topological polar surface area (TPSA) is 46.2 Å². The second kappa shape index (κ2) is 5.63. The van der Waals surface area contributed by atoms with Crippen molar-refractivity contribution in [3.05, 3.63) is 0 Å². The molecule has 0 radical (unpaired) electrons. The van der Waals surface area contributed by atoms with Crippen LogP contribution in [0, 0.1) is 0 Å². The van der Waals surface area contributed by atoms with Gasteiger partial charge >= 0.3 is 0 Å². The zero-order chi connectivity index (χ0) is 10.6. The number of rotatable bonds is 5. The van der Waals surface area contributed by atoms with Crippen LogP contribution in [-0.2, 0) is 23.7 Å². The monoisotopic (exact) mass is 206 g/mol. The molecule has 14 heavy (non-hydrogen) atoms. The van der Waals surface area contributed by atoms with Crippen molar-refractivity contribution in [3.8, 4) is 0 Å². The van der Waals surface area contributed by atoms with Gasteiger partial charge in [0, 0.05) is 28.4 Å². The number of hydrogen-bond acceptors (Lipinski definition) is 5. The van der Waals surface area contributed by atoms with E-state index in [1.54, 1.807) is 28.4 Å². The first-order valence-corrected chi connectivity index (χ1v) is 4.51. The van der Waals surface area contributed by atoms with Gasteiger partial charge in [0.1, 0.15) is 18.3 Å². The van der Waals surface area contributed by atoms with Gasteiger partial charge in [-0.15, -0.1) is 0 Å². The molecule has 0 spiro atoms. The first-order valence-electron chi connectivity index (χ1n) is 4.51. The zero-order valence-corrected chi connectivity index (χ0v) is 9.06. The van der Waals surface area contributed by atoms with E-state index in [0.717, 1.165) is 0 Å². The van der Waals surface area contributed by atoms with E-state index >= 15 is 0 Å². The SMILES string of the molecule is COC[C@H]1O[C@H](OC)C(OC)[C@@H]1OC. The van der Waals surface area contributed by atoms with Crippen LogP contribution in [0.5, 0.6) is 0 Å². The first kappa shape index (κ1) is 11.9. The molecule has 1 heterocycles. The standard InChI is InChI=1S/C9H18O5/c1-10-5-6-7(11-2)8(12-3)9(13-4)14-6/h6-9H,5H2,1-4H3/t6-,7-,8?,9+/m1/s1. The summed E-state index contributed by atoms with van der Waals surface area (Å²) in [5.41, 5.74) is 0. The lowest BCUT2D eigenvalue weighted by atomic mass is 10.1. The lowest BCUT2D eigenvalue weighted by molar-refractivity contribution is -0.160. The van der Waals surface area contributed by atoms with Gasteiger partial charge in [-0.1, -0.05) is 0 Å². The summed E-state index contributed by atoms with van der Waals surface area (Å²) in [6.45, 7) is 0.470. The van der Waals surface area contributed by atoms with Crippen LogP contribution in [0.15, 0.2) is 0 Å². The Bertz CT molecular complexity index is 163. The minimum atomic E-state index is -0.384. The van der Waals surface area contributed by atoms with Gasteiger partial charge in [-0.05, 0) is 0 Å². The van der Waals surface area contributed by atoms with Crippen LogP contribution < -0.4 is 0 Å². The van der Waals surface area contributed by atoms with E-state index in [0.29, 0.717) is 6.61 Å². The molecule has 0 N–H and O–H groups in total. The van der Waals surface area contributed by atoms with Crippen molar-refractivity contribution in [2.75, 3.05) is 35.0 Å². The first-order chi connectivity index (χ1) is 6.78. The van der Waals surface area contributed by atoms with Crippen LogP contribution in [0.25, 0.3) is 0 Å². The predicted molar refractivity (Wildman–Crippen MR) is 49.1 cm³/mol. The molecule has 1 rings (SSSR count). The molecule has 1 aliphatic heterocycles. The molecule has 1 unspecified atom stereocenters. The molecule has 0 aromatic heterocycles. The van der Waals surface area contributed by atoms with Gasteiger partial charge < -0.3 is 23.7 Å². The van der Waals surface area contributed by atoms with Crippen LogP contribution in [0.4, 0.5) is 0 Å². The molecule has 0 aromatic carbocycles. The van der Waals surface area contributed by atoms with Crippen LogP contribution in [0.3, 0.4) is 0 Å². The fraction of sp³-hybridized carbons (Fsp3) is 1.00. The fourth-order valence-electron chi connectivity index (χ4n) is 1.71. The lowest BCUT2D eigenvalue weighted by Gasteiger charge is -2.20. The summed E-state index contributed by atoms with van der Waals surface area (Å²) in [5.74, 6) is 0. The smallest absolute Gasteiger partial charge is 0.186 e. The molecule has 0 aromatic rings. The molecule has 1 aliphatic rings. The average Bonchev–Trinajstić information content (AvgIpc) is 2.55. The van der Waals surface area contributed by atoms with Crippen LogP contribution in [0.2, 0.25) is 0 Å². The Balaban J connectivity index is 2.62. The van der Waals surface area contributed by atoms with E-state index in [4.69, 9.17) is 23.7 Å². The minimum absolute atomic E-state index is 0.139. The predicted octanol–water partition coefficient (Wildman–Crippen LogP) is 0.0341. The molecule has 5 nitrogen and oxygen atoms in total. The maximum atomic E-state index is 5.56. The second-order valence-corrected chi connectivity index (χ2v) is 3.13. The van der Waals surface area contributed by atoms with E-state index in [-0.39, 0.29) is 24.6 Å². The largest absolute Gasteiger partial charge is 0.382 e. The minimum Gasteiger partial charge on any atom is -0.382 e.